The Bertz CT molecular complexity index is 1200. The van der Waals surface area contributed by atoms with Crippen molar-refractivity contribution in [2.75, 3.05) is 18.9 Å². The smallest absolute Gasteiger partial charge is 0.226 e. The molecule has 9 nitrogen and oxygen atoms in total. The van der Waals surface area contributed by atoms with Gasteiger partial charge in [-0.25, -0.2) is 4.98 Å². The van der Waals surface area contributed by atoms with Gasteiger partial charge < -0.3 is 24.7 Å². The van der Waals surface area contributed by atoms with Gasteiger partial charge in [-0.3, -0.25) is 4.57 Å². The van der Waals surface area contributed by atoms with Crippen LogP contribution in [0.5, 0.6) is 0 Å². The lowest BCUT2D eigenvalue weighted by molar-refractivity contribution is -0.0736. The van der Waals surface area contributed by atoms with E-state index in [9.17, 15) is 5.11 Å². The normalized spacial score (nSPS) is 25.1. The number of nitrogens with two attached hydrogens (primary N) is 1. The third-order valence-electron chi connectivity index (χ3n) is 7.46. The zero-order chi connectivity index (χ0) is 26.3. The lowest BCUT2D eigenvalue weighted by atomic mass is 9.83. The summed E-state index contributed by atoms with van der Waals surface area (Å²) >= 11 is 6.14. The van der Waals surface area contributed by atoms with E-state index in [0.717, 1.165) is 5.56 Å². The Morgan fingerprint density at radius 3 is 2.56 bits per heavy atom. The number of fused-ring (bicyclic) bond motifs is 1. The molecular formula is C25H36ClN5O4Si. The number of ether oxygens (including phenoxy) is 2. The molecule has 4 atom stereocenters. The van der Waals surface area contributed by atoms with E-state index in [-0.39, 0.29) is 22.7 Å². The summed E-state index contributed by atoms with van der Waals surface area (Å²) in [6, 6.07) is 9.99. The van der Waals surface area contributed by atoms with E-state index >= 15 is 0 Å². The number of nitrogens with zero attached hydrogens (tertiary/aromatic N) is 4. The second-order valence-corrected chi connectivity index (χ2v) is 16.3. The van der Waals surface area contributed by atoms with Crippen molar-refractivity contribution in [3.63, 3.8) is 0 Å². The highest BCUT2D eigenvalue weighted by atomic mass is 35.5. The fourth-order valence-corrected chi connectivity index (χ4v) is 5.96. The number of anilines is 1. The van der Waals surface area contributed by atoms with Crippen LogP contribution in [0.1, 0.15) is 39.5 Å². The van der Waals surface area contributed by atoms with Crippen LogP contribution in [0.3, 0.4) is 0 Å². The van der Waals surface area contributed by atoms with E-state index < -0.39 is 32.2 Å². The molecule has 0 spiro atoms. The van der Waals surface area contributed by atoms with Crippen LogP contribution in [0.15, 0.2) is 36.7 Å². The molecule has 1 fully saturated rings. The van der Waals surface area contributed by atoms with Gasteiger partial charge in [0.25, 0.3) is 0 Å². The molecule has 0 radical (unpaired) electrons. The quantitative estimate of drug-likeness (QED) is 0.319. The van der Waals surface area contributed by atoms with Crippen LogP contribution in [0, 0.1) is 5.41 Å². The SMILES string of the molecule is CC(C)(C)[Si](C)(C)OC1[C@@H](CO)O[C@@H](n2cnc3c(N)nc(Cl)nc32)[C@@]1(C)COCc1ccccc1. The van der Waals surface area contributed by atoms with Crippen molar-refractivity contribution < 1.29 is 19.0 Å². The van der Waals surface area contributed by atoms with Crippen molar-refractivity contribution in [2.45, 2.75) is 70.9 Å². The van der Waals surface area contributed by atoms with Gasteiger partial charge >= 0.3 is 0 Å². The number of aromatic nitrogens is 4. The number of hydrogen-bond donors (Lipinski definition) is 2. The van der Waals surface area contributed by atoms with Gasteiger partial charge in [-0.05, 0) is 35.3 Å². The van der Waals surface area contributed by atoms with Crippen LogP contribution < -0.4 is 5.73 Å². The fourth-order valence-electron chi connectivity index (χ4n) is 4.38. The molecule has 3 heterocycles. The monoisotopic (exact) mass is 533 g/mol. The van der Waals surface area contributed by atoms with Crippen molar-refractivity contribution in [3.8, 4) is 0 Å². The largest absolute Gasteiger partial charge is 0.410 e. The average molecular weight is 534 g/mol. The summed E-state index contributed by atoms with van der Waals surface area (Å²) in [6.45, 7) is 13.6. The van der Waals surface area contributed by atoms with E-state index in [4.69, 9.17) is 31.2 Å². The van der Waals surface area contributed by atoms with E-state index in [1.165, 1.54) is 0 Å². The molecule has 2 aromatic heterocycles. The van der Waals surface area contributed by atoms with E-state index in [1.807, 2.05) is 30.3 Å². The standard InChI is InChI=1S/C25H36ClN5O4Si/c1-24(2,3)36(5,6)35-19-17(12-32)34-22(25(19,4)14-33-13-16-10-8-7-9-11-16)31-15-28-18-20(27)29-23(26)30-21(18)31/h7-11,15,17,19,22,32H,12-14H2,1-6H3,(H2,27,29,30)/t17-,19?,22-,25+/m1/s1. The van der Waals surface area contributed by atoms with Gasteiger partial charge in [0.2, 0.25) is 5.28 Å². The Morgan fingerprint density at radius 1 is 1.22 bits per heavy atom. The van der Waals surface area contributed by atoms with Crippen LogP contribution >= 0.6 is 11.6 Å². The molecule has 36 heavy (non-hydrogen) atoms. The van der Waals surface area contributed by atoms with Crippen molar-refractivity contribution in [3.05, 3.63) is 47.5 Å². The molecule has 0 saturated carbocycles. The van der Waals surface area contributed by atoms with Gasteiger partial charge in [-0.1, -0.05) is 58.0 Å². The van der Waals surface area contributed by atoms with Gasteiger partial charge in [0, 0.05) is 0 Å². The lowest BCUT2D eigenvalue weighted by Gasteiger charge is -2.44. The minimum absolute atomic E-state index is 0.0227. The topological polar surface area (TPSA) is 118 Å². The van der Waals surface area contributed by atoms with Gasteiger partial charge in [-0.15, -0.1) is 0 Å². The van der Waals surface area contributed by atoms with Crippen LogP contribution in [0.2, 0.25) is 23.4 Å². The first-order chi connectivity index (χ1) is 16.9. The lowest BCUT2D eigenvalue weighted by Crippen LogP contribution is -2.52. The number of rotatable bonds is 8. The highest BCUT2D eigenvalue weighted by molar-refractivity contribution is 6.74. The highest BCUT2D eigenvalue weighted by Gasteiger charge is 2.58. The molecule has 4 rings (SSSR count). The number of hydrogen-bond acceptors (Lipinski definition) is 8. The molecule has 0 aliphatic carbocycles. The van der Waals surface area contributed by atoms with Gasteiger partial charge in [-0.2, -0.15) is 9.97 Å². The maximum atomic E-state index is 10.4. The first-order valence-corrected chi connectivity index (χ1v) is 15.4. The van der Waals surface area contributed by atoms with Crippen LogP contribution in [0.25, 0.3) is 11.2 Å². The summed E-state index contributed by atoms with van der Waals surface area (Å²) in [6.07, 6.45) is 0.0170. The first kappa shape index (κ1) is 27.0. The first-order valence-electron chi connectivity index (χ1n) is 12.1. The zero-order valence-electron chi connectivity index (χ0n) is 21.7. The number of nitrogen functional groups attached to an aromatic ring is 1. The second-order valence-electron chi connectivity index (χ2n) is 11.2. The fraction of sp³-hybridized carbons (Fsp3) is 0.560. The molecule has 1 aliphatic heterocycles. The Kier molecular flexibility index (Phi) is 7.49. The summed E-state index contributed by atoms with van der Waals surface area (Å²) in [5.41, 5.74) is 7.32. The number of benzene rings is 1. The van der Waals surface area contributed by atoms with E-state index in [0.29, 0.717) is 24.4 Å². The maximum Gasteiger partial charge on any atom is 0.226 e. The summed E-state index contributed by atoms with van der Waals surface area (Å²) in [5, 5.41) is 10.4. The number of aliphatic hydroxyl groups is 1. The van der Waals surface area contributed by atoms with Crippen LogP contribution in [-0.2, 0) is 20.5 Å². The van der Waals surface area contributed by atoms with Crippen molar-refractivity contribution in [1.82, 2.24) is 19.5 Å². The molecule has 196 valence electrons. The molecule has 11 heteroatoms. The molecule has 0 amide bonds. The van der Waals surface area contributed by atoms with Crippen LogP contribution in [-0.4, -0.2) is 58.4 Å². The number of aliphatic hydroxyl groups excluding tert-OH is 1. The van der Waals surface area contributed by atoms with Gasteiger partial charge in [0.15, 0.2) is 19.8 Å². The number of halogens is 1. The highest BCUT2D eigenvalue weighted by Crippen LogP contribution is 2.51. The van der Waals surface area contributed by atoms with Crippen LogP contribution in [0.4, 0.5) is 5.82 Å². The third-order valence-corrected chi connectivity index (χ3v) is 12.1. The minimum Gasteiger partial charge on any atom is -0.410 e. The minimum atomic E-state index is -2.24. The Morgan fingerprint density at radius 2 is 1.92 bits per heavy atom. The van der Waals surface area contributed by atoms with E-state index in [2.05, 4.69) is 55.7 Å². The Labute approximate surface area is 218 Å². The molecule has 0 bridgehead atoms. The second kappa shape index (κ2) is 10.00. The molecule has 3 N–H and O–H groups in total. The summed E-state index contributed by atoms with van der Waals surface area (Å²) in [5.74, 6) is 0.191. The van der Waals surface area contributed by atoms with Crippen molar-refractivity contribution >= 4 is 36.9 Å². The molecule has 1 saturated heterocycles. The molecular weight excluding hydrogens is 498 g/mol. The van der Waals surface area contributed by atoms with Gasteiger partial charge in [0.1, 0.15) is 17.8 Å². The Balaban J connectivity index is 1.75. The average Bonchev–Trinajstić information content (AvgIpc) is 3.33. The zero-order valence-corrected chi connectivity index (χ0v) is 23.5. The van der Waals surface area contributed by atoms with Crippen molar-refractivity contribution in [2.24, 2.45) is 5.41 Å². The molecule has 1 unspecified atom stereocenters. The van der Waals surface area contributed by atoms with Gasteiger partial charge in [0.05, 0.1) is 37.7 Å². The summed E-state index contributed by atoms with van der Waals surface area (Å²) < 4.78 is 21.5. The summed E-state index contributed by atoms with van der Waals surface area (Å²) in [4.78, 5) is 12.8. The molecule has 3 aromatic rings. The third kappa shape index (κ3) is 5.03. The van der Waals surface area contributed by atoms with Crippen molar-refractivity contribution in [1.29, 1.82) is 0 Å². The number of imidazole rings is 1. The Hall–Kier alpha value is -2.08. The predicted octanol–water partition coefficient (Wildman–Crippen LogP) is 4.57. The molecule has 1 aliphatic rings. The van der Waals surface area contributed by atoms with E-state index in [1.54, 1.807) is 10.9 Å². The summed E-state index contributed by atoms with van der Waals surface area (Å²) in [7, 11) is -2.24. The molecule has 1 aromatic carbocycles. The predicted molar refractivity (Wildman–Crippen MR) is 142 cm³/mol. The maximum absolute atomic E-state index is 10.4.